The summed E-state index contributed by atoms with van der Waals surface area (Å²) < 4.78 is 18.0. The van der Waals surface area contributed by atoms with E-state index < -0.39 is 0 Å². The van der Waals surface area contributed by atoms with E-state index >= 15 is 0 Å². The Morgan fingerprint density at radius 3 is 2.67 bits per heavy atom. The second kappa shape index (κ2) is 9.28. The molecule has 0 saturated carbocycles. The van der Waals surface area contributed by atoms with E-state index in [2.05, 4.69) is 4.90 Å². The first-order valence-corrected chi connectivity index (χ1v) is 9.62. The van der Waals surface area contributed by atoms with Gasteiger partial charge in [-0.15, -0.1) is 0 Å². The van der Waals surface area contributed by atoms with Gasteiger partial charge in [0.1, 0.15) is 5.82 Å². The molecule has 3 rings (SSSR count). The number of nitrogens with zero attached hydrogens (tertiary/aromatic N) is 3. The van der Waals surface area contributed by atoms with Crippen LogP contribution in [0.3, 0.4) is 0 Å². The van der Waals surface area contributed by atoms with Gasteiger partial charge in [-0.25, -0.2) is 4.39 Å². The largest absolute Gasteiger partial charge is 0.384 e. The first-order valence-electron chi connectivity index (χ1n) is 9.62. The highest BCUT2D eigenvalue weighted by molar-refractivity contribution is 5.84. The van der Waals surface area contributed by atoms with Crippen LogP contribution in [0.2, 0.25) is 0 Å². The summed E-state index contributed by atoms with van der Waals surface area (Å²) in [5.41, 5.74) is 0.941. The van der Waals surface area contributed by atoms with Crippen LogP contribution in [0.5, 0.6) is 0 Å². The quantitative estimate of drug-likeness (QED) is 0.754. The zero-order valence-corrected chi connectivity index (χ0v) is 15.9. The van der Waals surface area contributed by atoms with E-state index in [9.17, 15) is 14.0 Å². The van der Waals surface area contributed by atoms with Crippen LogP contribution in [0.4, 0.5) is 4.39 Å². The number of hydrogen-bond donors (Lipinski definition) is 0. The minimum Gasteiger partial charge on any atom is -0.384 e. The predicted octanol–water partition coefficient (Wildman–Crippen LogP) is 1.50. The Morgan fingerprint density at radius 1 is 1.15 bits per heavy atom. The zero-order valence-electron chi connectivity index (χ0n) is 15.9. The topological polar surface area (TPSA) is 53.1 Å². The van der Waals surface area contributed by atoms with Gasteiger partial charge in [0.05, 0.1) is 19.1 Å². The highest BCUT2D eigenvalue weighted by Gasteiger charge is 2.36. The van der Waals surface area contributed by atoms with Gasteiger partial charge < -0.3 is 14.5 Å². The second-order valence-electron chi connectivity index (χ2n) is 7.20. The van der Waals surface area contributed by atoms with Crippen molar-refractivity contribution in [3.8, 4) is 0 Å². The summed E-state index contributed by atoms with van der Waals surface area (Å²) in [4.78, 5) is 31.0. The Bertz CT molecular complexity index is 652. The van der Waals surface area contributed by atoms with Crippen LogP contribution in [0, 0.1) is 5.82 Å². The van der Waals surface area contributed by atoms with E-state index in [0.29, 0.717) is 32.7 Å². The fraction of sp³-hybridized carbons (Fsp3) is 0.600. The van der Waals surface area contributed by atoms with Crippen molar-refractivity contribution < 1.29 is 18.7 Å². The lowest BCUT2D eigenvalue weighted by molar-refractivity contribution is -0.132. The molecule has 6 nitrogen and oxygen atoms in total. The van der Waals surface area contributed by atoms with Gasteiger partial charge in [-0.3, -0.25) is 14.5 Å². The minimum atomic E-state index is -0.265. The highest BCUT2D eigenvalue weighted by atomic mass is 19.1. The van der Waals surface area contributed by atoms with Crippen LogP contribution in [0.1, 0.15) is 24.8 Å². The molecule has 27 heavy (non-hydrogen) atoms. The lowest BCUT2D eigenvalue weighted by Gasteiger charge is -2.26. The van der Waals surface area contributed by atoms with Crippen molar-refractivity contribution in [2.24, 2.45) is 0 Å². The average molecular weight is 377 g/mol. The van der Waals surface area contributed by atoms with Crippen LogP contribution in [-0.4, -0.2) is 79.0 Å². The van der Waals surface area contributed by atoms with Gasteiger partial charge in [0, 0.05) is 46.4 Å². The molecule has 0 aliphatic carbocycles. The summed E-state index contributed by atoms with van der Waals surface area (Å²) in [6, 6.07) is 6.20. The molecule has 1 aromatic rings. The summed E-state index contributed by atoms with van der Waals surface area (Å²) in [5, 5.41) is 0. The van der Waals surface area contributed by atoms with Crippen molar-refractivity contribution in [3.63, 3.8) is 0 Å². The summed E-state index contributed by atoms with van der Waals surface area (Å²) >= 11 is 0. The van der Waals surface area contributed by atoms with Crippen molar-refractivity contribution in [3.05, 3.63) is 35.6 Å². The molecule has 2 amide bonds. The van der Waals surface area contributed by atoms with E-state index in [1.54, 1.807) is 19.2 Å². The van der Waals surface area contributed by atoms with Crippen molar-refractivity contribution in [2.75, 3.05) is 46.4 Å². The minimum absolute atomic E-state index is 0.112. The van der Waals surface area contributed by atoms with Gasteiger partial charge in [-0.05, 0) is 30.5 Å². The van der Waals surface area contributed by atoms with Gasteiger partial charge in [-0.1, -0.05) is 12.1 Å². The third kappa shape index (κ3) is 5.05. The molecule has 2 aliphatic heterocycles. The Labute approximate surface area is 159 Å². The van der Waals surface area contributed by atoms with Gasteiger partial charge >= 0.3 is 0 Å². The molecule has 148 valence electrons. The molecular weight excluding hydrogens is 349 g/mol. The van der Waals surface area contributed by atoms with Gasteiger partial charge in [-0.2, -0.15) is 0 Å². The Balaban J connectivity index is 1.53. The third-order valence-electron chi connectivity index (χ3n) is 5.40. The number of methoxy groups -OCH3 is 1. The van der Waals surface area contributed by atoms with Crippen LogP contribution in [-0.2, 0) is 20.9 Å². The van der Waals surface area contributed by atoms with Crippen molar-refractivity contribution in [1.82, 2.24) is 14.7 Å². The maximum absolute atomic E-state index is 13.1. The molecule has 1 atom stereocenters. The summed E-state index contributed by atoms with van der Waals surface area (Å²) in [6.07, 6.45) is 2.09. The molecule has 0 unspecified atom stereocenters. The monoisotopic (exact) mass is 377 g/mol. The van der Waals surface area contributed by atoms with Gasteiger partial charge in [0.2, 0.25) is 11.8 Å². The number of benzene rings is 1. The van der Waals surface area contributed by atoms with Crippen molar-refractivity contribution >= 4 is 11.8 Å². The van der Waals surface area contributed by atoms with Crippen LogP contribution < -0.4 is 0 Å². The molecule has 0 spiro atoms. The standard InChI is InChI=1S/C20H28FN3O3/c1-27-14-8-19(25)23-10-2-9-22(12-13-23)18-7-11-24(20(18)26)15-16-3-5-17(21)6-4-16/h3-6,18H,2,7-15H2,1H3/t18-/m0/s1. The van der Waals surface area contributed by atoms with Gasteiger partial charge in [0.25, 0.3) is 0 Å². The summed E-state index contributed by atoms with van der Waals surface area (Å²) in [5.74, 6) is -0.00795. The molecule has 2 fully saturated rings. The number of amides is 2. The van der Waals surface area contributed by atoms with Gasteiger partial charge in [0.15, 0.2) is 0 Å². The molecule has 0 radical (unpaired) electrons. The molecule has 0 aromatic heterocycles. The van der Waals surface area contributed by atoms with E-state index in [-0.39, 0.29) is 23.7 Å². The lowest BCUT2D eigenvalue weighted by atomic mass is 10.2. The van der Waals surface area contributed by atoms with E-state index in [4.69, 9.17) is 4.74 Å². The van der Waals surface area contributed by atoms with Crippen LogP contribution in [0.15, 0.2) is 24.3 Å². The zero-order chi connectivity index (χ0) is 19.2. The van der Waals surface area contributed by atoms with Crippen molar-refractivity contribution in [1.29, 1.82) is 0 Å². The van der Waals surface area contributed by atoms with E-state index in [1.807, 2.05) is 9.80 Å². The molecule has 2 saturated heterocycles. The number of carbonyl (C=O) groups excluding carboxylic acids is 2. The normalized spacial score (nSPS) is 21.6. The SMILES string of the molecule is COCCC(=O)N1CCCN([C@H]2CCN(Cc3ccc(F)cc3)C2=O)CC1. The molecule has 0 bridgehead atoms. The summed E-state index contributed by atoms with van der Waals surface area (Å²) in [7, 11) is 1.60. The molecule has 1 aromatic carbocycles. The molecule has 2 aliphatic rings. The number of rotatable bonds is 6. The second-order valence-corrected chi connectivity index (χ2v) is 7.20. The molecule has 7 heteroatoms. The van der Waals surface area contributed by atoms with Crippen LogP contribution in [0.25, 0.3) is 0 Å². The molecule has 2 heterocycles. The maximum atomic E-state index is 13.1. The average Bonchev–Trinajstić information content (AvgIpc) is 2.87. The summed E-state index contributed by atoms with van der Waals surface area (Å²) in [6.45, 7) is 4.62. The first kappa shape index (κ1) is 19.8. The fourth-order valence-electron chi connectivity index (χ4n) is 3.87. The Kier molecular flexibility index (Phi) is 6.79. The first-order chi connectivity index (χ1) is 13.1. The predicted molar refractivity (Wildman–Crippen MR) is 99.5 cm³/mol. The Hall–Kier alpha value is -1.99. The third-order valence-corrected chi connectivity index (χ3v) is 5.40. The smallest absolute Gasteiger partial charge is 0.240 e. The van der Waals surface area contributed by atoms with Crippen molar-refractivity contribution in [2.45, 2.75) is 31.8 Å². The number of hydrogen-bond acceptors (Lipinski definition) is 4. The van der Waals surface area contributed by atoms with Crippen LogP contribution >= 0.6 is 0 Å². The van der Waals surface area contributed by atoms with E-state index in [0.717, 1.165) is 38.0 Å². The lowest BCUT2D eigenvalue weighted by Crippen LogP contribution is -2.44. The number of carbonyl (C=O) groups is 2. The number of ether oxygens (including phenoxy) is 1. The maximum Gasteiger partial charge on any atom is 0.240 e. The van der Waals surface area contributed by atoms with E-state index in [1.165, 1.54) is 12.1 Å². The Morgan fingerprint density at radius 2 is 1.93 bits per heavy atom. The molecule has 0 N–H and O–H groups in total. The number of likely N-dealkylation sites (tertiary alicyclic amines) is 1. The highest BCUT2D eigenvalue weighted by Crippen LogP contribution is 2.21. The number of halogens is 1. The molecular formula is C20H28FN3O3. The fourth-order valence-corrected chi connectivity index (χ4v) is 3.87.